The molecule has 0 fully saturated rings. The van der Waals surface area contributed by atoms with E-state index in [1.165, 1.54) is 25.8 Å². The van der Waals surface area contributed by atoms with Crippen molar-refractivity contribution in [3.63, 3.8) is 0 Å². The van der Waals surface area contributed by atoms with Crippen molar-refractivity contribution in [2.45, 2.75) is 18.9 Å². The fourth-order valence-corrected chi connectivity index (χ4v) is 2.81. The molecule has 210 valence electrons. The summed E-state index contributed by atoms with van der Waals surface area (Å²) in [5, 5.41) is 28.3. The second kappa shape index (κ2) is 12.0. The molecule has 0 atom stereocenters. The highest BCUT2D eigenvalue weighted by molar-refractivity contribution is 5.96. The number of nitrogens with zero attached hydrogens (tertiary/aromatic N) is 5. The first-order valence-corrected chi connectivity index (χ1v) is 10.1. The Hall–Kier alpha value is -4.97. The largest absolute Gasteiger partial charge is 0.504 e. The summed E-state index contributed by atoms with van der Waals surface area (Å²) in [6, 6.07) is 3.30. The second-order valence-electron chi connectivity index (χ2n) is 7.00. The van der Waals surface area contributed by atoms with Crippen LogP contribution in [-0.4, -0.2) is 78.7 Å². The van der Waals surface area contributed by atoms with E-state index in [9.17, 15) is 36.2 Å². The molecule has 0 bridgehead atoms. The lowest BCUT2D eigenvalue weighted by molar-refractivity contribution is -0.193. The maximum absolute atomic E-state index is 12.4. The van der Waals surface area contributed by atoms with Gasteiger partial charge in [-0.2, -0.15) is 31.3 Å². The number of carboxylic acid groups (broad SMARTS) is 2. The lowest BCUT2D eigenvalue weighted by Crippen LogP contribution is -2.25. The van der Waals surface area contributed by atoms with Crippen molar-refractivity contribution in [2.75, 3.05) is 19.0 Å². The number of nitrogens with one attached hydrogen (secondary N) is 1. The van der Waals surface area contributed by atoms with Crippen molar-refractivity contribution in [1.29, 1.82) is 0 Å². The SMILES string of the molecule is COc1c(O)ccc2c3n(c(=NC(=O)c4cncnc4)nc12)CCN3.O=C(O)C(F)(F)F.O=C(O)C(F)(F)F. The van der Waals surface area contributed by atoms with E-state index in [2.05, 4.69) is 25.3 Å². The van der Waals surface area contributed by atoms with Crippen LogP contribution < -0.4 is 15.7 Å². The fourth-order valence-electron chi connectivity index (χ4n) is 2.81. The molecule has 1 aromatic carbocycles. The third-order valence-corrected chi connectivity index (χ3v) is 4.42. The van der Waals surface area contributed by atoms with Gasteiger partial charge in [-0.15, -0.1) is 0 Å². The number of fused-ring (bicyclic) bond motifs is 3. The molecule has 1 aliphatic heterocycles. The van der Waals surface area contributed by atoms with Gasteiger partial charge in [-0.3, -0.25) is 9.36 Å². The molecule has 2 aromatic heterocycles. The Labute approximate surface area is 212 Å². The zero-order chi connectivity index (χ0) is 29.5. The molecular weight excluding hydrogens is 550 g/mol. The molecule has 0 spiro atoms. The highest BCUT2D eigenvalue weighted by Gasteiger charge is 2.38. The zero-order valence-corrected chi connectivity index (χ0v) is 19.3. The first-order valence-electron chi connectivity index (χ1n) is 10.1. The van der Waals surface area contributed by atoms with E-state index < -0.39 is 30.2 Å². The second-order valence-corrected chi connectivity index (χ2v) is 7.00. The minimum Gasteiger partial charge on any atom is -0.504 e. The summed E-state index contributed by atoms with van der Waals surface area (Å²) >= 11 is 0. The molecule has 4 rings (SSSR count). The van der Waals surface area contributed by atoms with E-state index in [1.54, 1.807) is 12.1 Å². The zero-order valence-electron chi connectivity index (χ0n) is 19.3. The quantitative estimate of drug-likeness (QED) is 0.332. The van der Waals surface area contributed by atoms with Crippen LogP contribution in [0, 0.1) is 0 Å². The van der Waals surface area contributed by atoms with Gasteiger partial charge in [0.2, 0.25) is 5.62 Å². The van der Waals surface area contributed by atoms with Gasteiger partial charge in [-0.25, -0.2) is 24.5 Å². The highest BCUT2D eigenvalue weighted by atomic mass is 19.4. The van der Waals surface area contributed by atoms with Crippen molar-refractivity contribution in [3.05, 3.63) is 42.0 Å². The minimum atomic E-state index is -5.08. The molecule has 39 heavy (non-hydrogen) atoms. The third kappa shape index (κ3) is 7.76. The standard InChI is InChI=1S/C16H14N6O3.2C2HF3O2/c1-25-13-11(23)3-2-10-12(13)20-16(22-5-4-19-14(10)22)21-15(24)9-6-17-8-18-7-9;2*3-2(4,5)1(6)7/h2-3,6-8,19,23H,4-5H2,1H3;2*(H,6,7). The number of carboxylic acids is 2. The number of hydrogen-bond acceptors (Lipinski definition) is 9. The van der Waals surface area contributed by atoms with Gasteiger partial charge in [0.15, 0.2) is 11.5 Å². The summed E-state index contributed by atoms with van der Waals surface area (Å²) in [4.78, 5) is 46.4. The highest BCUT2D eigenvalue weighted by Crippen LogP contribution is 2.36. The topological polar surface area (TPSA) is 189 Å². The van der Waals surface area contributed by atoms with E-state index in [4.69, 9.17) is 24.5 Å². The van der Waals surface area contributed by atoms with Crippen LogP contribution in [0.25, 0.3) is 10.9 Å². The number of phenolic OH excluding ortho intramolecular Hbond substituents is 1. The molecule has 1 aliphatic rings. The normalized spacial score (nSPS) is 12.7. The Balaban J connectivity index is 0.000000317. The Morgan fingerprint density at radius 2 is 1.56 bits per heavy atom. The van der Waals surface area contributed by atoms with Crippen molar-refractivity contribution >= 4 is 34.6 Å². The van der Waals surface area contributed by atoms with Gasteiger partial charge in [-0.05, 0) is 12.1 Å². The molecule has 4 N–H and O–H groups in total. The van der Waals surface area contributed by atoms with E-state index >= 15 is 0 Å². The predicted molar refractivity (Wildman–Crippen MR) is 116 cm³/mol. The maximum Gasteiger partial charge on any atom is 0.490 e. The number of aromatic nitrogens is 4. The number of alkyl halides is 6. The number of halogens is 6. The van der Waals surface area contributed by atoms with E-state index in [-0.39, 0.29) is 22.7 Å². The number of aliphatic carboxylic acids is 2. The number of phenols is 1. The Morgan fingerprint density at radius 1 is 1.03 bits per heavy atom. The maximum atomic E-state index is 12.4. The van der Waals surface area contributed by atoms with Crippen molar-refractivity contribution < 1.29 is 60.8 Å². The number of hydrogen-bond donors (Lipinski definition) is 4. The molecule has 1 amide bonds. The molecule has 13 nitrogen and oxygen atoms in total. The monoisotopic (exact) mass is 566 g/mol. The number of rotatable bonds is 2. The van der Waals surface area contributed by atoms with Crippen LogP contribution in [0.3, 0.4) is 0 Å². The van der Waals surface area contributed by atoms with Gasteiger partial charge >= 0.3 is 24.3 Å². The number of carbonyl (C=O) groups is 3. The molecule has 3 heterocycles. The van der Waals surface area contributed by atoms with E-state index in [1.807, 2.05) is 4.57 Å². The van der Waals surface area contributed by atoms with Gasteiger partial charge in [0.1, 0.15) is 17.7 Å². The summed E-state index contributed by atoms with van der Waals surface area (Å²) in [5.74, 6) is -5.02. The molecular formula is C20H16F6N6O7. The van der Waals surface area contributed by atoms with Gasteiger partial charge in [0.25, 0.3) is 5.91 Å². The average molecular weight is 566 g/mol. The molecule has 0 aliphatic carbocycles. The predicted octanol–water partition coefficient (Wildman–Crippen LogP) is 1.97. The summed E-state index contributed by atoms with van der Waals surface area (Å²) < 4.78 is 70.6. The van der Waals surface area contributed by atoms with Crippen LogP contribution in [-0.2, 0) is 16.1 Å². The minimum absolute atomic E-state index is 0.0285. The molecule has 0 unspecified atom stereocenters. The van der Waals surface area contributed by atoms with Crippen LogP contribution in [0.15, 0.2) is 35.8 Å². The van der Waals surface area contributed by atoms with Crippen LogP contribution in [0.5, 0.6) is 11.5 Å². The summed E-state index contributed by atoms with van der Waals surface area (Å²) in [6.07, 6.45) is -6.03. The number of carbonyl (C=O) groups excluding carboxylic acids is 1. The van der Waals surface area contributed by atoms with E-state index in [0.717, 1.165) is 11.2 Å². The van der Waals surface area contributed by atoms with Gasteiger partial charge < -0.3 is 25.4 Å². The Morgan fingerprint density at radius 3 is 2.05 bits per heavy atom. The lowest BCUT2D eigenvalue weighted by Gasteiger charge is -2.11. The van der Waals surface area contributed by atoms with Gasteiger partial charge in [0, 0.05) is 30.9 Å². The van der Waals surface area contributed by atoms with Crippen LogP contribution >= 0.6 is 0 Å². The van der Waals surface area contributed by atoms with Gasteiger partial charge in [-0.1, -0.05) is 0 Å². The van der Waals surface area contributed by atoms with Crippen LogP contribution in [0.2, 0.25) is 0 Å². The van der Waals surface area contributed by atoms with Crippen LogP contribution in [0.1, 0.15) is 10.4 Å². The Bertz CT molecular complexity index is 1420. The summed E-state index contributed by atoms with van der Waals surface area (Å²) in [6.45, 7) is 1.31. The van der Waals surface area contributed by atoms with Gasteiger partial charge in [0.05, 0.1) is 12.7 Å². The average Bonchev–Trinajstić information content (AvgIpc) is 3.35. The van der Waals surface area contributed by atoms with Crippen molar-refractivity contribution in [3.8, 4) is 11.5 Å². The number of anilines is 1. The van der Waals surface area contributed by atoms with E-state index in [0.29, 0.717) is 18.6 Å². The summed E-state index contributed by atoms with van der Waals surface area (Å²) in [7, 11) is 1.45. The summed E-state index contributed by atoms with van der Waals surface area (Å²) in [5.41, 5.74) is 0.928. The van der Waals surface area contributed by atoms with Crippen molar-refractivity contribution in [2.24, 2.45) is 4.99 Å². The lowest BCUT2D eigenvalue weighted by atomic mass is 10.2. The fraction of sp³-hybridized carbons (Fsp3) is 0.250. The molecule has 0 saturated carbocycles. The number of amides is 1. The molecule has 19 heteroatoms. The first-order chi connectivity index (χ1) is 18.1. The van der Waals surface area contributed by atoms with Crippen molar-refractivity contribution in [1.82, 2.24) is 19.5 Å². The first kappa shape index (κ1) is 30.3. The molecule has 3 aromatic rings. The molecule has 0 radical (unpaired) electrons. The third-order valence-electron chi connectivity index (χ3n) is 4.42. The molecule has 0 saturated heterocycles. The van der Waals surface area contributed by atoms with Crippen LogP contribution in [0.4, 0.5) is 32.2 Å². The number of aromatic hydroxyl groups is 1. The number of benzene rings is 1. The number of methoxy groups -OCH3 is 1. The number of ether oxygens (including phenoxy) is 1. The smallest absolute Gasteiger partial charge is 0.490 e. The Kier molecular flexibility index (Phi) is 9.35.